The first-order chi connectivity index (χ1) is 14.2. The molecular formula is C25H23BO3. The highest BCUT2D eigenvalue weighted by atomic mass is 16.6. The normalized spacial score (nSPS) is 10.6. The average molecular weight is 382 g/mol. The molecule has 2 N–H and O–H groups in total. The Labute approximate surface area is 172 Å². The molecule has 0 spiro atoms. The second-order valence-corrected chi connectivity index (χ2v) is 6.38. The summed E-state index contributed by atoms with van der Waals surface area (Å²) in [4.78, 5) is 0. The highest BCUT2D eigenvalue weighted by Gasteiger charge is 2.40. The Kier molecular flexibility index (Phi) is 7.37. The fraction of sp³-hybridized carbons (Fsp3) is 0.0400. The Balaban J connectivity index is 0.000000343. The van der Waals surface area contributed by atoms with E-state index in [1.807, 2.05) is 127 Å². The van der Waals surface area contributed by atoms with Crippen LogP contribution in [0.3, 0.4) is 0 Å². The van der Waals surface area contributed by atoms with Gasteiger partial charge in [0.2, 0.25) is 0 Å². The maximum Gasteiger partial charge on any atom is 0.635 e. The van der Waals surface area contributed by atoms with Crippen molar-refractivity contribution in [3.8, 4) is 0 Å². The molecule has 0 aromatic heterocycles. The molecular weight excluding hydrogens is 359 g/mol. The minimum absolute atomic E-state index is 0.825. The molecule has 0 radical (unpaired) electrons. The van der Waals surface area contributed by atoms with E-state index >= 15 is 0 Å². The predicted molar refractivity (Wildman–Crippen MR) is 117 cm³/mol. The van der Waals surface area contributed by atoms with Gasteiger partial charge in [0.15, 0.2) is 0 Å². The van der Waals surface area contributed by atoms with Crippen molar-refractivity contribution in [1.82, 2.24) is 0 Å². The lowest BCUT2D eigenvalue weighted by atomic mass is 9.79. The summed E-state index contributed by atoms with van der Waals surface area (Å²) in [6, 6.07) is 40.7. The second kappa shape index (κ2) is 10.4. The summed E-state index contributed by atoms with van der Waals surface area (Å²) < 4.78 is 5.71. The maximum absolute atomic E-state index is 9.61. The van der Waals surface area contributed by atoms with Gasteiger partial charge in [-0.2, -0.15) is 0 Å². The fourth-order valence-electron chi connectivity index (χ4n) is 3.27. The zero-order chi connectivity index (χ0) is 20.4. The summed E-state index contributed by atoms with van der Waals surface area (Å²) >= 11 is 0. The maximum atomic E-state index is 9.61. The Bertz CT molecular complexity index is 823. The average Bonchev–Trinajstić information content (AvgIpc) is 2.81. The Morgan fingerprint density at radius 3 is 0.931 bits per heavy atom. The van der Waals surface area contributed by atoms with Gasteiger partial charge in [-0.05, 0) is 16.7 Å². The van der Waals surface area contributed by atoms with Crippen LogP contribution in [0, 0.1) is 0 Å². The molecule has 4 aromatic rings. The van der Waals surface area contributed by atoms with Crippen LogP contribution in [-0.4, -0.2) is 17.4 Å². The molecule has 0 saturated carbocycles. The van der Waals surface area contributed by atoms with Crippen LogP contribution in [-0.2, 0) is 10.3 Å². The van der Waals surface area contributed by atoms with Gasteiger partial charge in [0.05, 0.1) is 0 Å². The van der Waals surface area contributed by atoms with Gasteiger partial charge in [-0.1, -0.05) is 127 Å². The van der Waals surface area contributed by atoms with E-state index in [4.69, 9.17) is 4.65 Å². The lowest BCUT2D eigenvalue weighted by molar-refractivity contribution is 0.0815. The van der Waals surface area contributed by atoms with Gasteiger partial charge in [-0.25, -0.2) is 0 Å². The van der Waals surface area contributed by atoms with E-state index in [-0.39, 0.29) is 0 Å². The molecule has 0 saturated heterocycles. The van der Waals surface area contributed by atoms with Crippen LogP contribution >= 0.6 is 0 Å². The molecule has 0 fully saturated rings. The van der Waals surface area contributed by atoms with Gasteiger partial charge in [-0.15, -0.1) is 0 Å². The number of benzene rings is 4. The van der Waals surface area contributed by atoms with Gasteiger partial charge < -0.3 is 14.7 Å². The molecule has 0 aliphatic carbocycles. The smallest absolute Gasteiger partial charge is 0.402 e. The summed E-state index contributed by atoms with van der Waals surface area (Å²) in [5.41, 5.74) is 1.37. The van der Waals surface area contributed by atoms with Gasteiger partial charge in [0, 0.05) is 0 Å². The summed E-state index contributed by atoms with van der Waals surface area (Å²) in [6.07, 6.45) is 0. The quantitative estimate of drug-likeness (QED) is 0.390. The largest absolute Gasteiger partial charge is 0.635 e. The number of hydrogen-bond acceptors (Lipinski definition) is 3. The summed E-state index contributed by atoms with van der Waals surface area (Å²) in [7, 11) is -1.91. The van der Waals surface area contributed by atoms with Crippen molar-refractivity contribution < 1.29 is 14.7 Å². The Morgan fingerprint density at radius 2 is 0.690 bits per heavy atom. The molecule has 29 heavy (non-hydrogen) atoms. The van der Waals surface area contributed by atoms with Gasteiger partial charge >= 0.3 is 7.32 Å². The van der Waals surface area contributed by atoms with Crippen molar-refractivity contribution in [3.63, 3.8) is 0 Å². The zero-order valence-corrected chi connectivity index (χ0v) is 16.0. The van der Waals surface area contributed by atoms with Crippen molar-refractivity contribution in [2.75, 3.05) is 0 Å². The van der Waals surface area contributed by atoms with Crippen molar-refractivity contribution in [3.05, 3.63) is 144 Å². The molecule has 4 heteroatoms. The molecule has 0 aliphatic rings. The van der Waals surface area contributed by atoms with E-state index in [0.717, 1.165) is 16.7 Å². The second-order valence-electron chi connectivity index (χ2n) is 6.38. The molecule has 0 amide bonds. The first kappa shape index (κ1) is 20.6. The van der Waals surface area contributed by atoms with Crippen molar-refractivity contribution in [2.45, 2.75) is 5.60 Å². The molecule has 3 nitrogen and oxygen atoms in total. The molecule has 0 aliphatic heterocycles. The van der Waals surface area contributed by atoms with Crippen LogP contribution in [0.2, 0.25) is 0 Å². The van der Waals surface area contributed by atoms with Crippen LogP contribution in [0.4, 0.5) is 0 Å². The number of rotatable bonds is 5. The highest BCUT2D eigenvalue weighted by molar-refractivity contribution is 6.33. The lowest BCUT2D eigenvalue weighted by Crippen LogP contribution is -2.39. The predicted octanol–water partition coefficient (Wildman–Crippen LogP) is 4.65. The van der Waals surface area contributed by atoms with Crippen LogP contribution in [0.25, 0.3) is 0 Å². The van der Waals surface area contributed by atoms with Crippen LogP contribution < -0.4 is 0 Å². The molecule has 0 heterocycles. The SMILES string of the molecule is OB(O)OC(c1ccccc1)(c1ccccc1)c1ccccc1.c1ccccc1. The summed E-state index contributed by atoms with van der Waals surface area (Å²) in [6.45, 7) is 0. The molecule has 4 aromatic carbocycles. The topological polar surface area (TPSA) is 49.7 Å². The summed E-state index contributed by atoms with van der Waals surface area (Å²) in [5.74, 6) is 0. The first-order valence-electron chi connectivity index (χ1n) is 9.44. The molecule has 0 unspecified atom stereocenters. The standard InChI is InChI=1S/C19H17BO3.C6H6/c21-20(22)23-19(16-10-4-1-5-11-16,17-12-6-2-7-13-17)18-14-8-3-9-15-18;1-2-4-6-5-3-1/h1-15,21-22H;1-6H. The van der Waals surface area contributed by atoms with Crippen molar-refractivity contribution >= 4 is 7.32 Å². The number of hydrogen-bond donors (Lipinski definition) is 2. The van der Waals surface area contributed by atoms with Gasteiger partial charge in [-0.3, -0.25) is 0 Å². The Morgan fingerprint density at radius 1 is 0.448 bits per heavy atom. The van der Waals surface area contributed by atoms with Crippen LogP contribution in [0.15, 0.2) is 127 Å². The minimum Gasteiger partial charge on any atom is -0.402 e. The third-order valence-corrected chi connectivity index (χ3v) is 4.49. The van der Waals surface area contributed by atoms with Crippen LogP contribution in [0.5, 0.6) is 0 Å². The molecule has 0 atom stereocenters. The summed E-state index contributed by atoms with van der Waals surface area (Å²) in [5, 5.41) is 19.2. The first-order valence-corrected chi connectivity index (χ1v) is 9.44. The van der Waals surface area contributed by atoms with E-state index in [9.17, 15) is 10.0 Å². The van der Waals surface area contributed by atoms with E-state index < -0.39 is 12.9 Å². The monoisotopic (exact) mass is 382 g/mol. The van der Waals surface area contributed by atoms with Gasteiger partial charge in [0.25, 0.3) is 0 Å². The Hall–Kier alpha value is -3.18. The fourth-order valence-corrected chi connectivity index (χ4v) is 3.27. The lowest BCUT2D eigenvalue weighted by Gasteiger charge is -2.36. The van der Waals surface area contributed by atoms with E-state index in [1.54, 1.807) is 0 Å². The van der Waals surface area contributed by atoms with Crippen LogP contribution in [0.1, 0.15) is 16.7 Å². The highest BCUT2D eigenvalue weighted by Crippen LogP contribution is 2.40. The molecule has 4 rings (SSSR count). The van der Waals surface area contributed by atoms with Crippen molar-refractivity contribution in [1.29, 1.82) is 0 Å². The zero-order valence-electron chi connectivity index (χ0n) is 16.0. The minimum atomic E-state index is -1.91. The molecule has 144 valence electrons. The van der Waals surface area contributed by atoms with Crippen molar-refractivity contribution in [2.24, 2.45) is 0 Å². The van der Waals surface area contributed by atoms with E-state index in [1.165, 1.54) is 0 Å². The van der Waals surface area contributed by atoms with E-state index in [0.29, 0.717) is 0 Å². The third-order valence-electron chi connectivity index (χ3n) is 4.49. The van der Waals surface area contributed by atoms with Gasteiger partial charge in [0.1, 0.15) is 5.60 Å². The van der Waals surface area contributed by atoms with E-state index in [2.05, 4.69) is 0 Å². The molecule has 0 bridgehead atoms. The third kappa shape index (κ3) is 5.21.